The highest BCUT2D eigenvalue weighted by atomic mass is 16.5. The van der Waals surface area contributed by atoms with Crippen molar-refractivity contribution < 1.29 is 9.53 Å². The van der Waals surface area contributed by atoms with Crippen LogP contribution in [0.1, 0.15) is 118 Å². The molecular formula is C27H46O2. The molecule has 166 valence electrons. The van der Waals surface area contributed by atoms with Crippen molar-refractivity contribution in [2.75, 3.05) is 0 Å². The molecule has 2 nitrogen and oxygen atoms in total. The summed E-state index contributed by atoms with van der Waals surface area (Å²) in [7, 11) is 0. The van der Waals surface area contributed by atoms with Gasteiger partial charge in [-0.05, 0) is 99.2 Å². The summed E-state index contributed by atoms with van der Waals surface area (Å²) in [6.45, 7) is 9.79. The van der Waals surface area contributed by atoms with Gasteiger partial charge in [-0.1, -0.05) is 47.0 Å². The fourth-order valence-electron chi connectivity index (χ4n) is 8.99. The van der Waals surface area contributed by atoms with E-state index >= 15 is 0 Å². The van der Waals surface area contributed by atoms with Gasteiger partial charge >= 0.3 is 5.97 Å². The Kier molecular flexibility index (Phi) is 6.39. The zero-order chi connectivity index (χ0) is 20.6. The maximum absolute atomic E-state index is 12.7. The Bertz CT molecular complexity index is 585. The fraction of sp³-hybridized carbons (Fsp3) is 0.963. The van der Waals surface area contributed by atoms with Crippen molar-refractivity contribution in [3.63, 3.8) is 0 Å². The molecule has 0 aromatic rings. The molecule has 0 N–H and O–H groups in total. The first-order valence-electron chi connectivity index (χ1n) is 13.1. The molecule has 0 saturated heterocycles. The van der Waals surface area contributed by atoms with Crippen molar-refractivity contribution in [2.45, 2.75) is 124 Å². The minimum absolute atomic E-state index is 0.0833. The van der Waals surface area contributed by atoms with Gasteiger partial charge in [-0.3, -0.25) is 4.79 Å². The molecule has 8 atom stereocenters. The van der Waals surface area contributed by atoms with E-state index in [4.69, 9.17) is 4.74 Å². The summed E-state index contributed by atoms with van der Waals surface area (Å²) in [4.78, 5) is 12.7. The van der Waals surface area contributed by atoms with E-state index in [0.717, 1.165) is 48.9 Å². The van der Waals surface area contributed by atoms with Crippen molar-refractivity contribution in [3.8, 4) is 0 Å². The average Bonchev–Trinajstić information content (AvgIpc) is 3.05. The van der Waals surface area contributed by atoms with Crippen molar-refractivity contribution in [3.05, 3.63) is 0 Å². The number of hydrogen-bond donors (Lipinski definition) is 0. The molecule has 0 spiro atoms. The monoisotopic (exact) mass is 402 g/mol. The highest BCUT2D eigenvalue weighted by molar-refractivity contribution is 5.69. The normalized spacial score (nSPS) is 46.5. The summed E-state index contributed by atoms with van der Waals surface area (Å²) in [5.74, 6) is 4.39. The first kappa shape index (κ1) is 21.7. The minimum atomic E-state index is 0.0833. The van der Waals surface area contributed by atoms with E-state index in [-0.39, 0.29) is 17.5 Å². The van der Waals surface area contributed by atoms with Gasteiger partial charge in [-0.2, -0.15) is 0 Å². The maximum atomic E-state index is 12.7. The van der Waals surface area contributed by atoms with Crippen LogP contribution in [0, 0.1) is 40.4 Å². The van der Waals surface area contributed by atoms with Crippen LogP contribution in [0.5, 0.6) is 0 Å². The van der Waals surface area contributed by atoms with Gasteiger partial charge in [0.15, 0.2) is 0 Å². The zero-order valence-electron chi connectivity index (χ0n) is 19.7. The highest BCUT2D eigenvalue weighted by Gasteiger charge is 2.62. The topological polar surface area (TPSA) is 26.3 Å². The largest absolute Gasteiger partial charge is 0.462 e. The van der Waals surface area contributed by atoms with Gasteiger partial charge in [-0.15, -0.1) is 0 Å². The highest BCUT2D eigenvalue weighted by Crippen LogP contribution is 2.68. The second-order valence-corrected chi connectivity index (χ2v) is 11.6. The van der Waals surface area contributed by atoms with Gasteiger partial charge in [0.1, 0.15) is 6.10 Å². The number of unbranched alkanes of at least 4 members (excludes halogenated alkanes) is 2. The number of rotatable bonds is 6. The van der Waals surface area contributed by atoms with Crippen LogP contribution >= 0.6 is 0 Å². The van der Waals surface area contributed by atoms with Crippen molar-refractivity contribution in [2.24, 2.45) is 40.4 Å². The van der Waals surface area contributed by atoms with Crippen LogP contribution in [-0.2, 0) is 9.53 Å². The first-order valence-corrected chi connectivity index (χ1v) is 13.1. The minimum Gasteiger partial charge on any atom is -0.462 e. The summed E-state index contributed by atoms with van der Waals surface area (Å²) >= 11 is 0. The summed E-state index contributed by atoms with van der Waals surface area (Å²) in [6.07, 6.45) is 17.7. The molecule has 4 aliphatic carbocycles. The molecule has 0 aliphatic heterocycles. The molecule has 2 heteroatoms. The summed E-state index contributed by atoms with van der Waals surface area (Å²) < 4.78 is 6.30. The summed E-state index contributed by atoms with van der Waals surface area (Å²) in [5, 5.41) is 0. The lowest BCUT2D eigenvalue weighted by Gasteiger charge is -2.62. The predicted molar refractivity (Wildman–Crippen MR) is 120 cm³/mol. The second-order valence-electron chi connectivity index (χ2n) is 11.6. The van der Waals surface area contributed by atoms with Crippen molar-refractivity contribution in [1.82, 2.24) is 0 Å². The Labute approximate surface area is 179 Å². The van der Waals surface area contributed by atoms with E-state index in [1.165, 1.54) is 64.2 Å². The SMILES string of the molecule is CCCCCC(=O)OC1CCCC2CC[C@@H]3[C@H](CC[C@]4(C)[C@@H](CC)CC[C@@H]34)[C@]21C. The Morgan fingerprint density at radius 3 is 2.52 bits per heavy atom. The van der Waals surface area contributed by atoms with Crippen LogP contribution in [-0.4, -0.2) is 12.1 Å². The first-order chi connectivity index (χ1) is 13.9. The third-order valence-corrected chi connectivity index (χ3v) is 10.6. The van der Waals surface area contributed by atoms with E-state index in [2.05, 4.69) is 27.7 Å². The number of fused-ring (bicyclic) bond motifs is 5. The van der Waals surface area contributed by atoms with E-state index in [1.54, 1.807) is 0 Å². The fourth-order valence-corrected chi connectivity index (χ4v) is 8.99. The van der Waals surface area contributed by atoms with Gasteiger partial charge in [0, 0.05) is 11.8 Å². The second kappa shape index (κ2) is 8.54. The predicted octanol–water partition coefficient (Wildman–Crippen LogP) is 7.55. The molecule has 0 heterocycles. The summed E-state index contributed by atoms with van der Waals surface area (Å²) in [6, 6.07) is 0. The lowest BCUT2D eigenvalue weighted by atomic mass is 9.44. The third kappa shape index (κ3) is 3.59. The number of ether oxygens (including phenoxy) is 1. The van der Waals surface area contributed by atoms with E-state index < -0.39 is 0 Å². The molecule has 0 aromatic heterocycles. The molecule has 0 amide bonds. The van der Waals surface area contributed by atoms with Gasteiger partial charge in [0.2, 0.25) is 0 Å². The van der Waals surface area contributed by atoms with Crippen LogP contribution < -0.4 is 0 Å². The maximum Gasteiger partial charge on any atom is 0.306 e. The molecule has 4 rings (SSSR count). The van der Waals surface area contributed by atoms with Gasteiger partial charge in [0.05, 0.1) is 0 Å². The van der Waals surface area contributed by atoms with Crippen LogP contribution in [0.15, 0.2) is 0 Å². The Balaban J connectivity index is 1.53. The summed E-state index contributed by atoms with van der Waals surface area (Å²) in [5.41, 5.74) is 0.813. The average molecular weight is 403 g/mol. The van der Waals surface area contributed by atoms with Crippen LogP contribution in [0.25, 0.3) is 0 Å². The zero-order valence-corrected chi connectivity index (χ0v) is 19.7. The Morgan fingerprint density at radius 2 is 1.76 bits per heavy atom. The number of hydrogen-bond acceptors (Lipinski definition) is 2. The molecular weight excluding hydrogens is 356 g/mol. The lowest BCUT2D eigenvalue weighted by molar-refractivity contribution is -0.191. The molecule has 0 radical (unpaired) electrons. The Hall–Kier alpha value is -0.530. The molecule has 0 bridgehead atoms. The van der Waals surface area contributed by atoms with Crippen LogP contribution in [0.2, 0.25) is 0 Å². The Morgan fingerprint density at radius 1 is 0.931 bits per heavy atom. The van der Waals surface area contributed by atoms with E-state index in [0.29, 0.717) is 11.8 Å². The van der Waals surface area contributed by atoms with Crippen LogP contribution in [0.4, 0.5) is 0 Å². The van der Waals surface area contributed by atoms with Gasteiger partial charge < -0.3 is 4.74 Å². The lowest BCUT2D eigenvalue weighted by Crippen LogP contribution is -2.58. The quantitative estimate of drug-likeness (QED) is 0.339. The number of carbonyl (C=O) groups is 1. The molecule has 29 heavy (non-hydrogen) atoms. The van der Waals surface area contributed by atoms with E-state index in [9.17, 15) is 4.79 Å². The third-order valence-electron chi connectivity index (χ3n) is 10.6. The number of carbonyl (C=O) groups excluding carboxylic acids is 1. The van der Waals surface area contributed by atoms with E-state index in [1.807, 2.05) is 0 Å². The van der Waals surface area contributed by atoms with Gasteiger partial charge in [0.25, 0.3) is 0 Å². The molecule has 4 fully saturated rings. The number of esters is 1. The standard InChI is InChI=1S/C27H46O2/c1-5-7-8-12-25(28)29-24-11-9-10-20-13-15-21-22-16-14-19(6-2)26(22,3)18-17-23(21)27(20,24)4/h19-24H,5-18H2,1-4H3/t19-,20?,21-,22-,23-,24?,26+,27-/m0/s1. The smallest absolute Gasteiger partial charge is 0.306 e. The molecule has 4 aliphatic rings. The van der Waals surface area contributed by atoms with Crippen molar-refractivity contribution in [1.29, 1.82) is 0 Å². The molecule has 2 unspecified atom stereocenters. The van der Waals surface area contributed by atoms with Gasteiger partial charge in [-0.25, -0.2) is 0 Å². The molecule has 0 aromatic carbocycles. The van der Waals surface area contributed by atoms with Crippen molar-refractivity contribution >= 4 is 5.97 Å². The molecule has 4 saturated carbocycles. The van der Waals surface area contributed by atoms with Crippen LogP contribution in [0.3, 0.4) is 0 Å².